The van der Waals surface area contributed by atoms with Crippen LogP contribution in [0.25, 0.3) is 0 Å². The maximum atomic E-state index is 12.1. The topological polar surface area (TPSA) is 38.7 Å². The van der Waals surface area contributed by atoms with Gasteiger partial charge in [-0.15, -0.1) is 0 Å². The van der Waals surface area contributed by atoms with Gasteiger partial charge in [0.05, 0.1) is 14.2 Å². The van der Waals surface area contributed by atoms with Gasteiger partial charge in [-0.1, -0.05) is 57.4 Å². The van der Waals surface area contributed by atoms with Crippen LogP contribution in [-0.4, -0.2) is 19.3 Å². The van der Waals surface area contributed by atoms with E-state index in [1.54, 1.807) is 14.2 Å². The zero-order valence-electron chi connectivity index (χ0n) is 16.5. The molecule has 3 heteroatoms. The van der Waals surface area contributed by atoms with Crippen LogP contribution in [0.1, 0.15) is 57.1 Å². The van der Waals surface area contributed by atoms with Crippen molar-refractivity contribution in [2.24, 2.45) is 5.92 Å². The van der Waals surface area contributed by atoms with Crippen LogP contribution in [0.15, 0.2) is 48.5 Å². The molecule has 1 N–H and O–H groups in total. The maximum Gasteiger partial charge on any atom is 0.119 e. The molecule has 0 fully saturated rings. The lowest BCUT2D eigenvalue weighted by molar-refractivity contribution is 0.00640. The molecule has 26 heavy (non-hydrogen) atoms. The molecule has 0 aliphatic carbocycles. The molecule has 0 radical (unpaired) electrons. The lowest BCUT2D eigenvalue weighted by Crippen LogP contribution is -2.36. The third-order valence-corrected chi connectivity index (χ3v) is 5.15. The number of ether oxygens (including phenoxy) is 2. The number of unbranched alkanes of at least 4 members (excludes halogenated alkanes) is 1. The van der Waals surface area contributed by atoms with Crippen LogP contribution in [0.4, 0.5) is 0 Å². The van der Waals surface area contributed by atoms with Crippen LogP contribution in [0, 0.1) is 5.92 Å². The molecule has 142 valence electrons. The fourth-order valence-electron chi connectivity index (χ4n) is 3.72. The van der Waals surface area contributed by atoms with Gasteiger partial charge in [0.25, 0.3) is 0 Å². The standard InChI is InChI=1S/C23H32O3/c1-5-7-11-18(10-6-2)23(24,19-12-8-14-21(16-19)25-3)20-13-9-15-22(17-20)26-4/h8-9,12-18,24H,5-7,10-11H2,1-4H3. The number of hydrogen-bond donors (Lipinski definition) is 1. The maximum absolute atomic E-state index is 12.1. The molecule has 0 bridgehead atoms. The van der Waals surface area contributed by atoms with Gasteiger partial charge in [0, 0.05) is 0 Å². The highest BCUT2D eigenvalue weighted by molar-refractivity contribution is 5.43. The number of aliphatic hydroxyl groups is 1. The Balaban J connectivity index is 2.61. The molecule has 2 rings (SSSR count). The smallest absolute Gasteiger partial charge is 0.119 e. The molecule has 1 unspecified atom stereocenters. The minimum atomic E-state index is -1.08. The average molecular weight is 357 g/mol. The monoisotopic (exact) mass is 356 g/mol. The van der Waals surface area contributed by atoms with E-state index < -0.39 is 5.60 Å². The van der Waals surface area contributed by atoms with Crippen molar-refractivity contribution >= 4 is 0 Å². The molecular formula is C23H32O3. The molecule has 0 saturated carbocycles. The zero-order chi connectivity index (χ0) is 19.0. The van der Waals surface area contributed by atoms with Crippen LogP contribution in [0.2, 0.25) is 0 Å². The van der Waals surface area contributed by atoms with Crippen LogP contribution in [-0.2, 0) is 5.60 Å². The lowest BCUT2D eigenvalue weighted by Gasteiger charge is -2.38. The Hall–Kier alpha value is -2.00. The normalized spacial score (nSPS) is 12.7. The molecule has 0 heterocycles. The highest BCUT2D eigenvalue weighted by Crippen LogP contribution is 2.43. The third-order valence-electron chi connectivity index (χ3n) is 5.15. The summed E-state index contributed by atoms with van der Waals surface area (Å²) in [6.45, 7) is 4.37. The summed E-state index contributed by atoms with van der Waals surface area (Å²) >= 11 is 0. The largest absolute Gasteiger partial charge is 0.497 e. The van der Waals surface area contributed by atoms with Crippen molar-refractivity contribution in [2.45, 2.75) is 51.6 Å². The highest BCUT2D eigenvalue weighted by atomic mass is 16.5. The summed E-state index contributed by atoms with van der Waals surface area (Å²) in [6, 6.07) is 15.6. The van der Waals surface area contributed by atoms with Gasteiger partial charge in [-0.3, -0.25) is 0 Å². The van der Waals surface area contributed by atoms with Gasteiger partial charge < -0.3 is 14.6 Å². The predicted molar refractivity (Wildman–Crippen MR) is 107 cm³/mol. The zero-order valence-corrected chi connectivity index (χ0v) is 16.5. The highest BCUT2D eigenvalue weighted by Gasteiger charge is 2.39. The molecule has 2 aromatic carbocycles. The lowest BCUT2D eigenvalue weighted by atomic mass is 9.72. The van der Waals surface area contributed by atoms with Gasteiger partial charge in [-0.25, -0.2) is 0 Å². The van der Waals surface area contributed by atoms with Crippen molar-refractivity contribution in [1.82, 2.24) is 0 Å². The molecule has 0 aromatic heterocycles. The van der Waals surface area contributed by atoms with Gasteiger partial charge in [0.2, 0.25) is 0 Å². The Bertz CT molecular complexity index is 633. The van der Waals surface area contributed by atoms with Crippen molar-refractivity contribution in [2.75, 3.05) is 14.2 Å². The van der Waals surface area contributed by atoms with Gasteiger partial charge >= 0.3 is 0 Å². The summed E-state index contributed by atoms with van der Waals surface area (Å²) in [5.41, 5.74) is 0.674. The summed E-state index contributed by atoms with van der Waals surface area (Å²) < 4.78 is 10.8. The first kappa shape index (κ1) is 20.3. The number of methoxy groups -OCH3 is 2. The second kappa shape index (κ2) is 9.63. The van der Waals surface area contributed by atoms with E-state index in [1.807, 2.05) is 48.5 Å². The van der Waals surface area contributed by atoms with E-state index in [-0.39, 0.29) is 5.92 Å². The summed E-state index contributed by atoms with van der Waals surface area (Å²) in [7, 11) is 3.31. The molecule has 1 atom stereocenters. The van der Waals surface area contributed by atoms with Crippen molar-refractivity contribution in [1.29, 1.82) is 0 Å². The summed E-state index contributed by atoms with van der Waals surface area (Å²) in [4.78, 5) is 0. The van der Waals surface area contributed by atoms with Crippen molar-refractivity contribution in [3.8, 4) is 11.5 Å². The number of rotatable bonds is 10. The molecule has 0 amide bonds. The van der Waals surface area contributed by atoms with Crippen molar-refractivity contribution < 1.29 is 14.6 Å². The van der Waals surface area contributed by atoms with Gasteiger partial charge in [-0.2, -0.15) is 0 Å². The molecule has 0 aliphatic rings. The molecule has 0 aliphatic heterocycles. The van der Waals surface area contributed by atoms with Crippen molar-refractivity contribution in [3.05, 3.63) is 59.7 Å². The molecule has 2 aromatic rings. The quantitative estimate of drug-likeness (QED) is 0.607. The van der Waals surface area contributed by atoms with E-state index in [1.165, 1.54) is 0 Å². The fraction of sp³-hybridized carbons (Fsp3) is 0.478. The Morgan fingerprint density at radius 3 is 1.81 bits per heavy atom. The second-order valence-corrected chi connectivity index (χ2v) is 6.86. The van der Waals surface area contributed by atoms with E-state index in [0.717, 1.165) is 54.7 Å². The predicted octanol–water partition coefficient (Wildman–Crippen LogP) is 5.55. The van der Waals surface area contributed by atoms with Crippen LogP contribution in [0.3, 0.4) is 0 Å². The van der Waals surface area contributed by atoms with E-state index in [9.17, 15) is 5.11 Å². The van der Waals surface area contributed by atoms with Gasteiger partial charge in [0.15, 0.2) is 0 Å². The van der Waals surface area contributed by atoms with Crippen LogP contribution in [0.5, 0.6) is 11.5 Å². The Morgan fingerprint density at radius 1 is 0.846 bits per heavy atom. The molecular weight excluding hydrogens is 324 g/mol. The van der Waals surface area contributed by atoms with E-state index >= 15 is 0 Å². The Morgan fingerprint density at radius 2 is 1.38 bits per heavy atom. The molecule has 0 saturated heterocycles. The summed E-state index contributed by atoms with van der Waals surface area (Å²) in [5, 5.41) is 12.1. The third kappa shape index (κ3) is 4.39. The fourth-order valence-corrected chi connectivity index (χ4v) is 3.72. The first-order valence-corrected chi connectivity index (χ1v) is 9.61. The van der Waals surface area contributed by atoms with Crippen LogP contribution >= 0.6 is 0 Å². The minimum Gasteiger partial charge on any atom is -0.497 e. The SMILES string of the molecule is CCCCC(CCC)C(O)(c1cccc(OC)c1)c1cccc(OC)c1. The van der Waals surface area contributed by atoms with E-state index in [4.69, 9.17) is 9.47 Å². The Kier molecular flexibility index (Phi) is 7.52. The van der Waals surface area contributed by atoms with Crippen molar-refractivity contribution in [3.63, 3.8) is 0 Å². The molecule has 0 spiro atoms. The first-order chi connectivity index (χ1) is 12.6. The summed E-state index contributed by atoms with van der Waals surface area (Å²) in [5.74, 6) is 1.65. The number of hydrogen-bond acceptors (Lipinski definition) is 3. The Labute approximate surface area is 158 Å². The minimum absolute atomic E-state index is 0.131. The second-order valence-electron chi connectivity index (χ2n) is 6.86. The van der Waals surface area contributed by atoms with Gasteiger partial charge in [0.1, 0.15) is 17.1 Å². The van der Waals surface area contributed by atoms with Gasteiger partial charge in [-0.05, 0) is 54.2 Å². The first-order valence-electron chi connectivity index (χ1n) is 9.61. The average Bonchev–Trinajstić information content (AvgIpc) is 2.70. The van der Waals surface area contributed by atoms with E-state index in [2.05, 4.69) is 13.8 Å². The van der Waals surface area contributed by atoms with Crippen LogP contribution < -0.4 is 9.47 Å². The summed E-state index contributed by atoms with van der Waals surface area (Å²) in [6.07, 6.45) is 5.19. The van der Waals surface area contributed by atoms with E-state index in [0.29, 0.717) is 0 Å². The number of benzene rings is 2. The molecule has 3 nitrogen and oxygen atoms in total.